The average molecular weight is 297 g/mol. The predicted molar refractivity (Wildman–Crippen MR) is 80.8 cm³/mol. The first-order valence-electron chi connectivity index (χ1n) is 7.59. The van der Waals surface area contributed by atoms with Crippen LogP contribution >= 0.6 is 0 Å². The van der Waals surface area contributed by atoms with Crippen LogP contribution in [0.5, 0.6) is 0 Å². The Morgan fingerprint density at radius 3 is 2.33 bits per heavy atom. The fourth-order valence-corrected chi connectivity index (χ4v) is 2.61. The number of hydrogen-bond donors (Lipinski definition) is 0. The summed E-state index contributed by atoms with van der Waals surface area (Å²) in [7, 11) is 1.42. The van der Waals surface area contributed by atoms with Crippen LogP contribution in [-0.4, -0.2) is 49.7 Å². The van der Waals surface area contributed by atoms with E-state index in [0.29, 0.717) is 13.1 Å². The van der Waals surface area contributed by atoms with Gasteiger partial charge in [0.1, 0.15) is 6.61 Å². The average Bonchev–Trinajstić information content (AvgIpc) is 2.49. The molecule has 1 saturated carbocycles. The highest BCUT2D eigenvalue weighted by atomic mass is 16.5. The maximum atomic E-state index is 12.1. The van der Waals surface area contributed by atoms with Gasteiger partial charge in [0.2, 0.25) is 5.91 Å². The summed E-state index contributed by atoms with van der Waals surface area (Å²) < 4.78 is 10.5. The highest BCUT2D eigenvalue weighted by molar-refractivity contribution is 5.77. The standard InChI is InChI=1S/C16H27NO4/c1-5-17(10-12(2)3)15(18)11-21-14-8-6-13(7-9-14)16(19)20-4/h13-14H,2,5-11H2,1,3-4H3. The minimum Gasteiger partial charge on any atom is -0.469 e. The van der Waals surface area contributed by atoms with E-state index in [-0.39, 0.29) is 30.5 Å². The van der Waals surface area contributed by atoms with Crippen LogP contribution in [0, 0.1) is 5.92 Å². The number of rotatable bonds is 7. The molecule has 1 fully saturated rings. The van der Waals surface area contributed by atoms with Crippen molar-refractivity contribution in [2.24, 2.45) is 5.92 Å². The molecule has 1 amide bonds. The molecule has 0 unspecified atom stereocenters. The second-order valence-electron chi connectivity index (χ2n) is 5.67. The SMILES string of the molecule is C=C(C)CN(CC)C(=O)COC1CCC(C(=O)OC)CC1. The normalized spacial score (nSPS) is 21.7. The van der Waals surface area contributed by atoms with Gasteiger partial charge in [-0.25, -0.2) is 0 Å². The van der Waals surface area contributed by atoms with E-state index in [2.05, 4.69) is 6.58 Å². The molecular formula is C16H27NO4. The molecule has 0 aromatic carbocycles. The molecule has 0 aromatic rings. The Morgan fingerprint density at radius 1 is 1.24 bits per heavy atom. The zero-order chi connectivity index (χ0) is 15.8. The van der Waals surface area contributed by atoms with Crippen molar-refractivity contribution in [2.75, 3.05) is 26.8 Å². The number of carbonyl (C=O) groups is 2. The molecule has 5 heteroatoms. The molecule has 0 N–H and O–H groups in total. The number of nitrogens with zero attached hydrogens (tertiary/aromatic N) is 1. The van der Waals surface area contributed by atoms with Gasteiger partial charge in [0, 0.05) is 13.1 Å². The maximum Gasteiger partial charge on any atom is 0.308 e. The van der Waals surface area contributed by atoms with Crippen LogP contribution in [0.25, 0.3) is 0 Å². The molecule has 0 bridgehead atoms. The van der Waals surface area contributed by atoms with E-state index in [4.69, 9.17) is 9.47 Å². The number of carbonyl (C=O) groups excluding carboxylic acids is 2. The highest BCUT2D eigenvalue weighted by Gasteiger charge is 2.27. The van der Waals surface area contributed by atoms with Crippen molar-refractivity contribution >= 4 is 11.9 Å². The number of ether oxygens (including phenoxy) is 2. The molecule has 1 aliphatic carbocycles. The van der Waals surface area contributed by atoms with Crippen LogP contribution < -0.4 is 0 Å². The highest BCUT2D eigenvalue weighted by Crippen LogP contribution is 2.27. The van der Waals surface area contributed by atoms with Gasteiger partial charge in [-0.2, -0.15) is 0 Å². The van der Waals surface area contributed by atoms with Crippen molar-refractivity contribution in [2.45, 2.75) is 45.6 Å². The molecular weight excluding hydrogens is 270 g/mol. The smallest absolute Gasteiger partial charge is 0.308 e. The predicted octanol–water partition coefficient (Wildman–Crippen LogP) is 2.16. The van der Waals surface area contributed by atoms with Crippen LogP contribution in [0.15, 0.2) is 12.2 Å². The molecule has 0 atom stereocenters. The van der Waals surface area contributed by atoms with Gasteiger partial charge in [0.05, 0.1) is 19.1 Å². The Bertz CT molecular complexity index is 372. The van der Waals surface area contributed by atoms with Crippen LogP contribution in [0.2, 0.25) is 0 Å². The summed E-state index contributed by atoms with van der Waals surface area (Å²) in [5.41, 5.74) is 0.962. The lowest BCUT2D eigenvalue weighted by Crippen LogP contribution is -2.37. The molecule has 1 aliphatic rings. The maximum absolute atomic E-state index is 12.1. The largest absolute Gasteiger partial charge is 0.469 e. The summed E-state index contributed by atoms with van der Waals surface area (Å²) in [6.45, 7) is 9.02. The minimum atomic E-state index is -0.136. The van der Waals surface area contributed by atoms with Crippen LogP contribution in [0.3, 0.4) is 0 Å². The lowest BCUT2D eigenvalue weighted by molar-refractivity contribution is -0.148. The Kier molecular flexibility index (Phi) is 7.43. The summed E-state index contributed by atoms with van der Waals surface area (Å²) in [6, 6.07) is 0. The molecule has 21 heavy (non-hydrogen) atoms. The summed E-state index contributed by atoms with van der Waals surface area (Å²) in [6.07, 6.45) is 3.22. The van der Waals surface area contributed by atoms with Crippen molar-refractivity contribution < 1.29 is 19.1 Å². The van der Waals surface area contributed by atoms with Crippen molar-refractivity contribution in [3.05, 3.63) is 12.2 Å². The van der Waals surface area contributed by atoms with Crippen molar-refractivity contribution in [1.82, 2.24) is 4.90 Å². The first kappa shape index (κ1) is 17.7. The van der Waals surface area contributed by atoms with Crippen LogP contribution in [-0.2, 0) is 19.1 Å². The first-order chi connectivity index (χ1) is 9.97. The molecule has 0 heterocycles. The third-order valence-corrected chi connectivity index (χ3v) is 3.85. The van der Waals surface area contributed by atoms with E-state index < -0.39 is 0 Å². The second-order valence-corrected chi connectivity index (χ2v) is 5.67. The quantitative estimate of drug-likeness (QED) is 0.534. The van der Waals surface area contributed by atoms with Gasteiger partial charge in [-0.05, 0) is 39.5 Å². The van der Waals surface area contributed by atoms with E-state index in [0.717, 1.165) is 31.3 Å². The number of likely N-dealkylation sites (N-methyl/N-ethyl adjacent to an activating group) is 1. The molecule has 0 spiro atoms. The van der Waals surface area contributed by atoms with Crippen LogP contribution in [0.4, 0.5) is 0 Å². The van der Waals surface area contributed by atoms with E-state index >= 15 is 0 Å². The Balaban J connectivity index is 2.31. The number of methoxy groups -OCH3 is 1. The summed E-state index contributed by atoms with van der Waals surface area (Å²) in [4.78, 5) is 25.2. The Labute approximate surface area is 127 Å². The summed E-state index contributed by atoms with van der Waals surface area (Å²) in [5, 5.41) is 0. The molecule has 5 nitrogen and oxygen atoms in total. The van der Waals surface area contributed by atoms with E-state index in [1.54, 1.807) is 4.90 Å². The molecule has 0 aliphatic heterocycles. The lowest BCUT2D eigenvalue weighted by atomic mass is 9.87. The topological polar surface area (TPSA) is 55.8 Å². The molecule has 0 aromatic heterocycles. The molecule has 1 rings (SSSR count). The van der Waals surface area contributed by atoms with Gasteiger partial charge < -0.3 is 14.4 Å². The number of hydrogen-bond acceptors (Lipinski definition) is 4. The zero-order valence-electron chi connectivity index (χ0n) is 13.4. The van der Waals surface area contributed by atoms with Gasteiger partial charge in [0.15, 0.2) is 0 Å². The molecule has 120 valence electrons. The minimum absolute atomic E-state index is 0.00408. The third kappa shape index (κ3) is 5.87. The summed E-state index contributed by atoms with van der Waals surface area (Å²) >= 11 is 0. The van der Waals surface area contributed by atoms with Gasteiger partial charge in [0.25, 0.3) is 0 Å². The van der Waals surface area contributed by atoms with Gasteiger partial charge in [-0.3, -0.25) is 9.59 Å². The van der Waals surface area contributed by atoms with Crippen molar-refractivity contribution in [3.8, 4) is 0 Å². The van der Waals surface area contributed by atoms with E-state index in [1.165, 1.54) is 7.11 Å². The number of esters is 1. The fourth-order valence-electron chi connectivity index (χ4n) is 2.61. The molecule has 0 saturated heterocycles. The summed E-state index contributed by atoms with van der Waals surface area (Å²) in [5.74, 6) is -0.153. The van der Waals surface area contributed by atoms with Crippen LogP contribution in [0.1, 0.15) is 39.5 Å². The monoisotopic (exact) mass is 297 g/mol. The lowest BCUT2D eigenvalue weighted by Gasteiger charge is -2.28. The van der Waals surface area contributed by atoms with Crippen molar-refractivity contribution in [3.63, 3.8) is 0 Å². The molecule has 0 radical (unpaired) electrons. The third-order valence-electron chi connectivity index (χ3n) is 3.85. The van der Waals surface area contributed by atoms with Crippen molar-refractivity contribution in [1.29, 1.82) is 0 Å². The van der Waals surface area contributed by atoms with E-state index in [1.807, 2.05) is 13.8 Å². The van der Waals surface area contributed by atoms with E-state index in [9.17, 15) is 9.59 Å². The first-order valence-corrected chi connectivity index (χ1v) is 7.59. The van der Waals surface area contributed by atoms with Gasteiger partial charge >= 0.3 is 5.97 Å². The van der Waals surface area contributed by atoms with Gasteiger partial charge in [-0.1, -0.05) is 12.2 Å². The Morgan fingerprint density at radius 2 is 1.86 bits per heavy atom. The van der Waals surface area contributed by atoms with Gasteiger partial charge in [-0.15, -0.1) is 0 Å². The zero-order valence-corrected chi connectivity index (χ0v) is 13.4. The second kappa shape index (κ2) is 8.82. The Hall–Kier alpha value is -1.36. The number of amides is 1. The fraction of sp³-hybridized carbons (Fsp3) is 0.750.